The van der Waals surface area contributed by atoms with Crippen molar-refractivity contribution in [3.8, 4) is 0 Å². The molecule has 7 nitrogen and oxygen atoms in total. The molecule has 41 heavy (non-hydrogen) atoms. The Morgan fingerprint density at radius 2 is 1.59 bits per heavy atom. The van der Waals surface area contributed by atoms with E-state index in [4.69, 9.17) is 23.2 Å². The zero-order valence-electron chi connectivity index (χ0n) is 23.0. The van der Waals surface area contributed by atoms with Crippen molar-refractivity contribution >= 4 is 63.2 Å². The molecule has 0 aliphatic rings. The molecule has 0 fully saturated rings. The molecule has 4 rings (SSSR count). The zero-order chi connectivity index (χ0) is 29.7. The summed E-state index contributed by atoms with van der Waals surface area (Å²) in [6.45, 7) is 6.58. The first-order valence-corrected chi connectivity index (χ1v) is 14.1. The minimum atomic E-state index is -0.567. The highest BCUT2D eigenvalue weighted by Gasteiger charge is 2.18. The maximum atomic E-state index is 13.6. The first-order chi connectivity index (χ1) is 19.6. The van der Waals surface area contributed by atoms with E-state index in [1.54, 1.807) is 36.4 Å². The Kier molecular flexibility index (Phi) is 9.68. The number of carbonyl (C=O) groups is 3. The van der Waals surface area contributed by atoms with Gasteiger partial charge in [0.2, 0.25) is 5.91 Å². The van der Waals surface area contributed by atoms with E-state index in [0.29, 0.717) is 23.6 Å². The van der Waals surface area contributed by atoms with Crippen LogP contribution in [0.3, 0.4) is 0 Å². The smallest absolute Gasteiger partial charge is 0.272 e. The van der Waals surface area contributed by atoms with E-state index in [2.05, 4.69) is 22.9 Å². The van der Waals surface area contributed by atoms with Crippen molar-refractivity contribution in [2.75, 3.05) is 10.6 Å². The van der Waals surface area contributed by atoms with E-state index < -0.39 is 11.7 Å². The summed E-state index contributed by atoms with van der Waals surface area (Å²) in [6, 6.07) is 16.2. The summed E-state index contributed by atoms with van der Waals surface area (Å²) >= 11 is 12.2. The number of aromatic nitrogens is 1. The lowest BCUT2D eigenvalue weighted by molar-refractivity contribution is -0.124. The molecule has 1 heterocycles. The maximum Gasteiger partial charge on any atom is 0.272 e. The molecular formula is C31H31Cl2FN4O3. The fraction of sp³-hybridized carbons (Fsp3) is 0.258. The van der Waals surface area contributed by atoms with Crippen LogP contribution in [-0.2, 0) is 17.9 Å². The van der Waals surface area contributed by atoms with Crippen molar-refractivity contribution < 1.29 is 18.8 Å². The number of hydrogen-bond donors (Lipinski definition) is 3. The lowest BCUT2D eigenvalue weighted by Crippen LogP contribution is -2.27. The molecule has 3 aromatic carbocycles. The first kappa shape index (κ1) is 30.1. The highest BCUT2D eigenvalue weighted by atomic mass is 35.5. The summed E-state index contributed by atoms with van der Waals surface area (Å²) in [6.07, 6.45) is 1.79. The minimum absolute atomic E-state index is 0.0827. The third-order valence-corrected chi connectivity index (χ3v) is 7.19. The molecule has 0 spiro atoms. The Bertz CT molecular complexity index is 1620. The SMILES string of the molecule is CCCCn1c(C(=O)Nc2ccc(F)c(Cl)c2)cc2cc(NC(=O)c3cc(CNC(=O)C(C)C)ccc3Cl)ccc21. The van der Waals surface area contributed by atoms with Crippen LogP contribution in [0.25, 0.3) is 10.9 Å². The third kappa shape index (κ3) is 7.26. The van der Waals surface area contributed by atoms with Crippen LogP contribution in [-0.4, -0.2) is 22.3 Å². The highest BCUT2D eigenvalue weighted by molar-refractivity contribution is 6.34. The molecule has 0 bridgehead atoms. The van der Waals surface area contributed by atoms with Crippen molar-refractivity contribution in [1.82, 2.24) is 9.88 Å². The van der Waals surface area contributed by atoms with Crippen LogP contribution in [0.1, 0.15) is 60.0 Å². The maximum absolute atomic E-state index is 13.6. The quantitative estimate of drug-likeness (QED) is 0.175. The summed E-state index contributed by atoms with van der Waals surface area (Å²) in [5.41, 5.74) is 3.19. The zero-order valence-corrected chi connectivity index (χ0v) is 24.5. The number of aryl methyl sites for hydroxylation is 1. The topological polar surface area (TPSA) is 92.2 Å². The highest BCUT2D eigenvalue weighted by Crippen LogP contribution is 2.27. The van der Waals surface area contributed by atoms with Crippen LogP contribution in [0.2, 0.25) is 10.0 Å². The minimum Gasteiger partial charge on any atom is -0.352 e. The van der Waals surface area contributed by atoms with Crippen LogP contribution in [0.15, 0.2) is 60.7 Å². The summed E-state index contributed by atoms with van der Waals surface area (Å²) in [5, 5.41) is 9.47. The summed E-state index contributed by atoms with van der Waals surface area (Å²) in [5.74, 6) is -1.56. The largest absolute Gasteiger partial charge is 0.352 e. The lowest BCUT2D eigenvalue weighted by atomic mass is 10.1. The second kappa shape index (κ2) is 13.2. The van der Waals surface area contributed by atoms with Gasteiger partial charge in [0.15, 0.2) is 0 Å². The van der Waals surface area contributed by atoms with Gasteiger partial charge in [-0.1, -0.05) is 56.5 Å². The second-order valence-corrected chi connectivity index (χ2v) is 10.8. The fourth-order valence-corrected chi connectivity index (χ4v) is 4.69. The molecule has 3 amide bonds. The summed E-state index contributed by atoms with van der Waals surface area (Å²) < 4.78 is 15.5. The van der Waals surface area contributed by atoms with Crippen molar-refractivity contribution in [3.63, 3.8) is 0 Å². The molecule has 214 valence electrons. The van der Waals surface area contributed by atoms with Crippen molar-refractivity contribution in [1.29, 1.82) is 0 Å². The normalized spacial score (nSPS) is 11.1. The number of unbranched alkanes of at least 4 members (excludes halogenated alkanes) is 1. The van der Waals surface area contributed by atoms with Gasteiger partial charge in [-0.15, -0.1) is 0 Å². The molecule has 0 saturated heterocycles. The first-order valence-electron chi connectivity index (χ1n) is 13.3. The van der Waals surface area contributed by atoms with E-state index in [0.717, 1.165) is 29.3 Å². The number of carbonyl (C=O) groups excluding carboxylic acids is 3. The average molecular weight is 598 g/mol. The number of benzene rings is 3. The Hall–Kier alpha value is -3.88. The number of halogens is 3. The Morgan fingerprint density at radius 1 is 0.878 bits per heavy atom. The van der Waals surface area contributed by atoms with E-state index in [1.807, 2.05) is 24.5 Å². The number of nitrogens with zero attached hydrogens (tertiary/aromatic N) is 1. The van der Waals surface area contributed by atoms with Gasteiger partial charge in [-0.3, -0.25) is 14.4 Å². The molecule has 0 atom stereocenters. The molecule has 0 radical (unpaired) electrons. The number of nitrogens with one attached hydrogen (secondary N) is 3. The van der Waals surface area contributed by atoms with Gasteiger partial charge in [0.1, 0.15) is 11.5 Å². The van der Waals surface area contributed by atoms with Gasteiger partial charge in [-0.2, -0.15) is 0 Å². The molecule has 0 unspecified atom stereocenters. The monoisotopic (exact) mass is 596 g/mol. The van der Waals surface area contributed by atoms with Gasteiger partial charge >= 0.3 is 0 Å². The molecule has 0 aliphatic carbocycles. The molecule has 0 aliphatic heterocycles. The van der Waals surface area contributed by atoms with E-state index in [9.17, 15) is 18.8 Å². The lowest BCUT2D eigenvalue weighted by Gasteiger charge is -2.12. The van der Waals surface area contributed by atoms with Gasteiger partial charge < -0.3 is 20.5 Å². The predicted molar refractivity (Wildman–Crippen MR) is 162 cm³/mol. The Labute approximate surface area is 248 Å². The second-order valence-electron chi connectivity index (χ2n) is 10.0. The van der Waals surface area contributed by atoms with E-state index in [-0.39, 0.29) is 39.9 Å². The van der Waals surface area contributed by atoms with Crippen molar-refractivity contribution in [2.45, 2.75) is 46.7 Å². The van der Waals surface area contributed by atoms with Gasteiger partial charge in [0.25, 0.3) is 11.8 Å². The van der Waals surface area contributed by atoms with E-state index in [1.165, 1.54) is 18.2 Å². The number of rotatable bonds is 10. The van der Waals surface area contributed by atoms with Gasteiger partial charge in [-0.25, -0.2) is 4.39 Å². The summed E-state index contributed by atoms with van der Waals surface area (Å²) in [7, 11) is 0. The molecular weight excluding hydrogens is 566 g/mol. The average Bonchev–Trinajstić information content (AvgIpc) is 3.30. The van der Waals surface area contributed by atoms with Crippen molar-refractivity contribution in [3.05, 3.63) is 93.3 Å². The molecule has 4 aromatic rings. The van der Waals surface area contributed by atoms with Gasteiger partial charge in [0, 0.05) is 41.3 Å². The van der Waals surface area contributed by atoms with Gasteiger partial charge in [0.05, 0.1) is 15.6 Å². The molecule has 3 N–H and O–H groups in total. The summed E-state index contributed by atoms with van der Waals surface area (Å²) in [4.78, 5) is 38.3. The molecule has 10 heteroatoms. The number of anilines is 2. The van der Waals surface area contributed by atoms with Crippen molar-refractivity contribution in [2.24, 2.45) is 5.92 Å². The van der Waals surface area contributed by atoms with E-state index >= 15 is 0 Å². The van der Waals surface area contributed by atoms with Crippen LogP contribution in [0.4, 0.5) is 15.8 Å². The number of hydrogen-bond acceptors (Lipinski definition) is 3. The Morgan fingerprint density at radius 3 is 2.29 bits per heavy atom. The molecule has 0 saturated carbocycles. The third-order valence-electron chi connectivity index (χ3n) is 6.57. The van der Waals surface area contributed by atoms with Crippen LogP contribution in [0, 0.1) is 11.7 Å². The van der Waals surface area contributed by atoms with Gasteiger partial charge in [-0.05, 0) is 66.6 Å². The predicted octanol–water partition coefficient (Wildman–Crippen LogP) is 7.66. The Balaban J connectivity index is 1.57. The molecule has 1 aromatic heterocycles. The fourth-order valence-electron chi connectivity index (χ4n) is 4.31. The standard InChI is InChI=1S/C31H31Cl2FN4O3/c1-4-5-12-38-27-11-8-21(14-20(27)15-28(38)31(41)37-22-7-10-26(34)25(33)16-22)36-30(40)23-13-19(6-9-24(23)32)17-35-29(39)18(2)3/h6-11,13-16,18H,4-5,12,17H2,1-3H3,(H,35,39)(H,36,40)(H,37,41). The number of amides is 3. The van der Waals surface area contributed by atoms with Crippen LogP contribution >= 0.6 is 23.2 Å². The van der Waals surface area contributed by atoms with Crippen LogP contribution in [0.5, 0.6) is 0 Å². The number of fused-ring (bicyclic) bond motifs is 1. The van der Waals surface area contributed by atoms with Crippen LogP contribution < -0.4 is 16.0 Å².